The molecule has 0 saturated heterocycles. The number of nitriles is 1. The van der Waals surface area contributed by atoms with Crippen LogP contribution in [0.4, 0.5) is 17.6 Å². The maximum atomic E-state index is 14.7. The largest absolute Gasteiger partial charge is 0.481 e. The first-order valence-electron chi connectivity index (χ1n) is 10.5. The third kappa shape index (κ3) is 3.73. The highest BCUT2D eigenvalue weighted by atomic mass is 19.4. The Morgan fingerprint density at radius 2 is 1.83 bits per heavy atom. The van der Waals surface area contributed by atoms with E-state index in [4.69, 9.17) is 4.74 Å². The fourth-order valence-electron chi connectivity index (χ4n) is 4.14. The zero-order valence-corrected chi connectivity index (χ0v) is 18.9. The molecule has 3 aromatic heterocycles. The molecular formula is C25H16F4N6O. The summed E-state index contributed by atoms with van der Waals surface area (Å²) in [6, 6.07) is 10.4. The Bertz CT molecular complexity index is 1740. The van der Waals surface area contributed by atoms with Gasteiger partial charge in [0.25, 0.3) is 0 Å². The van der Waals surface area contributed by atoms with Crippen LogP contribution in [0.3, 0.4) is 0 Å². The van der Waals surface area contributed by atoms with Gasteiger partial charge in [-0.2, -0.15) is 18.4 Å². The molecule has 0 aliphatic carbocycles. The van der Waals surface area contributed by atoms with Crippen molar-refractivity contribution in [1.29, 1.82) is 5.26 Å². The maximum absolute atomic E-state index is 14.7. The van der Waals surface area contributed by atoms with Crippen LogP contribution in [0.2, 0.25) is 0 Å². The van der Waals surface area contributed by atoms with Gasteiger partial charge < -0.3 is 9.30 Å². The number of aryl methyl sites for hydroxylation is 1. The second-order valence-electron chi connectivity index (χ2n) is 7.88. The van der Waals surface area contributed by atoms with E-state index in [1.165, 1.54) is 19.4 Å². The number of fused-ring (bicyclic) bond motifs is 3. The van der Waals surface area contributed by atoms with E-state index >= 15 is 0 Å². The molecule has 0 spiro atoms. The Hall–Kier alpha value is -4.72. The number of ether oxygens (including phenoxy) is 1. The van der Waals surface area contributed by atoms with Crippen LogP contribution in [0.25, 0.3) is 38.8 Å². The number of aromatic nitrogens is 4. The summed E-state index contributed by atoms with van der Waals surface area (Å²) in [5.74, 6) is -0.407. The summed E-state index contributed by atoms with van der Waals surface area (Å²) in [7, 11) is 3.19. The van der Waals surface area contributed by atoms with E-state index < -0.39 is 17.6 Å². The molecule has 2 aromatic carbocycles. The summed E-state index contributed by atoms with van der Waals surface area (Å²) in [4.78, 5) is 12.6. The van der Waals surface area contributed by atoms with Crippen LogP contribution in [0.1, 0.15) is 5.56 Å². The number of methoxy groups -OCH3 is 1. The highest BCUT2D eigenvalue weighted by Gasteiger charge is 2.31. The molecular weight excluding hydrogens is 476 g/mol. The summed E-state index contributed by atoms with van der Waals surface area (Å²) in [6.07, 6.45) is 0.316. The summed E-state index contributed by atoms with van der Waals surface area (Å²) >= 11 is 0. The number of rotatable bonds is 3. The van der Waals surface area contributed by atoms with E-state index in [1.807, 2.05) is 0 Å². The lowest BCUT2D eigenvalue weighted by Crippen LogP contribution is -2.22. The monoisotopic (exact) mass is 492 g/mol. The molecule has 180 valence electrons. The van der Waals surface area contributed by atoms with Crippen molar-refractivity contribution in [3.05, 3.63) is 77.9 Å². The van der Waals surface area contributed by atoms with Gasteiger partial charge in [-0.15, -0.1) is 4.99 Å². The first kappa shape index (κ1) is 23.0. The number of imidazole rings is 1. The minimum atomic E-state index is -4.62. The number of halogens is 4. The molecule has 0 fully saturated rings. The highest BCUT2D eigenvalue weighted by molar-refractivity contribution is 6.04. The average Bonchev–Trinajstić information content (AvgIpc) is 3.15. The van der Waals surface area contributed by atoms with E-state index in [9.17, 15) is 22.8 Å². The Labute approximate surface area is 201 Å². The molecule has 11 heteroatoms. The zero-order valence-electron chi connectivity index (χ0n) is 18.9. The van der Waals surface area contributed by atoms with Crippen LogP contribution in [-0.4, -0.2) is 26.2 Å². The number of benzene rings is 2. The van der Waals surface area contributed by atoms with E-state index in [-0.39, 0.29) is 16.7 Å². The van der Waals surface area contributed by atoms with Gasteiger partial charge in [0.05, 0.1) is 47.3 Å². The van der Waals surface area contributed by atoms with Crippen LogP contribution in [-0.2, 0) is 13.2 Å². The summed E-state index contributed by atoms with van der Waals surface area (Å²) in [6.45, 7) is 0. The minimum Gasteiger partial charge on any atom is -0.481 e. The minimum absolute atomic E-state index is 0.195. The maximum Gasteiger partial charge on any atom is 0.416 e. The number of pyridine rings is 2. The Morgan fingerprint density at radius 1 is 1.03 bits per heavy atom. The number of alkyl halides is 3. The van der Waals surface area contributed by atoms with E-state index in [0.29, 0.717) is 39.6 Å². The number of hydrogen-bond acceptors (Lipinski definition) is 5. The molecule has 0 saturated carbocycles. The van der Waals surface area contributed by atoms with Gasteiger partial charge in [0.1, 0.15) is 5.82 Å². The molecule has 0 bridgehead atoms. The summed E-state index contributed by atoms with van der Waals surface area (Å²) < 4.78 is 63.1. The lowest BCUT2D eigenvalue weighted by molar-refractivity contribution is -0.137. The topological polar surface area (TPSA) is 81.0 Å². The molecule has 36 heavy (non-hydrogen) atoms. The Balaban J connectivity index is 1.86. The van der Waals surface area contributed by atoms with Crippen molar-refractivity contribution in [2.75, 3.05) is 7.11 Å². The molecule has 0 aliphatic rings. The van der Waals surface area contributed by atoms with Crippen molar-refractivity contribution >= 4 is 21.9 Å². The van der Waals surface area contributed by atoms with Crippen molar-refractivity contribution in [3.8, 4) is 28.9 Å². The quantitative estimate of drug-likeness (QED) is 0.258. The van der Waals surface area contributed by atoms with Crippen LogP contribution < -0.4 is 10.4 Å². The lowest BCUT2D eigenvalue weighted by Gasteiger charge is -2.12. The summed E-state index contributed by atoms with van der Waals surface area (Å²) in [5, 5.41) is 9.84. The second kappa shape index (κ2) is 8.49. The SMILES string of the molecule is COc1ccc(-n2c(=NC#N)n(C)c3cnc4ccc(-c5cc(C(F)(F)F)ccc5F)cc4c32)cn1. The normalized spacial score (nSPS) is 12.3. The van der Waals surface area contributed by atoms with Crippen LogP contribution in [0.5, 0.6) is 5.88 Å². The summed E-state index contributed by atoms with van der Waals surface area (Å²) in [5.41, 5.74) is 1.59. The molecule has 3 heterocycles. The molecule has 7 nitrogen and oxygen atoms in total. The zero-order chi connectivity index (χ0) is 25.6. The van der Waals surface area contributed by atoms with Crippen LogP contribution in [0.15, 0.2) is 65.9 Å². The predicted molar refractivity (Wildman–Crippen MR) is 123 cm³/mol. The van der Waals surface area contributed by atoms with Crippen molar-refractivity contribution in [1.82, 2.24) is 19.1 Å². The van der Waals surface area contributed by atoms with Crippen molar-refractivity contribution in [3.63, 3.8) is 0 Å². The van der Waals surface area contributed by atoms with Crippen molar-refractivity contribution < 1.29 is 22.3 Å². The van der Waals surface area contributed by atoms with Gasteiger partial charge in [-0.05, 0) is 42.0 Å². The number of nitrogens with zero attached hydrogens (tertiary/aromatic N) is 6. The highest BCUT2D eigenvalue weighted by Crippen LogP contribution is 2.35. The van der Waals surface area contributed by atoms with Crippen LogP contribution >= 0.6 is 0 Å². The van der Waals surface area contributed by atoms with Crippen LogP contribution in [0, 0.1) is 17.3 Å². The van der Waals surface area contributed by atoms with E-state index in [1.54, 1.807) is 52.8 Å². The third-order valence-corrected chi connectivity index (χ3v) is 5.85. The van der Waals surface area contributed by atoms with E-state index in [0.717, 1.165) is 12.1 Å². The van der Waals surface area contributed by atoms with Gasteiger partial charge in [-0.3, -0.25) is 9.55 Å². The van der Waals surface area contributed by atoms with Crippen molar-refractivity contribution in [2.24, 2.45) is 12.0 Å². The molecule has 0 amide bonds. The predicted octanol–water partition coefficient (Wildman–Crippen LogP) is 5.13. The van der Waals surface area contributed by atoms with E-state index in [2.05, 4.69) is 15.0 Å². The second-order valence-corrected chi connectivity index (χ2v) is 7.88. The van der Waals surface area contributed by atoms with Gasteiger partial charge in [0.15, 0.2) is 0 Å². The molecule has 5 aromatic rings. The van der Waals surface area contributed by atoms with Gasteiger partial charge in [0, 0.05) is 24.1 Å². The standard InChI is InChI=1S/C25H16F4N6O/c1-34-21-12-31-20-7-3-14(17-10-15(25(27,28)29)4-6-19(17)26)9-18(20)23(21)35(24(34)33-13-30)16-5-8-22(36-2)32-11-16/h3-12H,1-2H3. The molecule has 0 unspecified atom stereocenters. The molecule has 0 radical (unpaired) electrons. The molecule has 0 aliphatic heterocycles. The molecule has 0 N–H and O–H groups in total. The smallest absolute Gasteiger partial charge is 0.416 e. The number of hydrogen-bond donors (Lipinski definition) is 0. The first-order chi connectivity index (χ1) is 17.2. The van der Waals surface area contributed by atoms with Gasteiger partial charge in [-0.25, -0.2) is 9.37 Å². The molecule has 0 atom stereocenters. The molecule has 5 rings (SSSR count). The first-order valence-corrected chi connectivity index (χ1v) is 10.5. The lowest BCUT2D eigenvalue weighted by atomic mass is 10.00. The van der Waals surface area contributed by atoms with Gasteiger partial charge in [0.2, 0.25) is 17.7 Å². The Kier molecular flexibility index (Phi) is 5.44. The fraction of sp³-hybridized carbons (Fsp3) is 0.120. The Morgan fingerprint density at radius 3 is 2.50 bits per heavy atom. The average molecular weight is 492 g/mol. The fourth-order valence-corrected chi connectivity index (χ4v) is 4.14. The van der Waals surface area contributed by atoms with Gasteiger partial charge in [-0.1, -0.05) is 6.07 Å². The third-order valence-electron chi connectivity index (χ3n) is 5.85. The van der Waals surface area contributed by atoms with Gasteiger partial charge >= 0.3 is 6.18 Å². The van der Waals surface area contributed by atoms with Crippen molar-refractivity contribution in [2.45, 2.75) is 6.18 Å².